The molecule has 0 N–H and O–H groups in total. The van der Waals surface area contributed by atoms with Crippen molar-refractivity contribution < 1.29 is 0 Å². The van der Waals surface area contributed by atoms with Crippen LogP contribution in [0.15, 0.2) is 109 Å². The van der Waals surface area contributed by atoms with Crippen LogP contribution in [-0.2, 0) is 5.41 Å². The summed E-state index contributed by atoms with van der Waals surface area (Å²) in [6, 6.07) is 39.1. The van der Waals surface area contributed by atoms with Crippen molar-refractivity contribution in [2.24, 2.45) is 0 Å². The molecule has 6 aromatic rings. The average Bonchev–Trinajstić information content (AvgIpc) is 3.16. The molecule has 2 heteroatoms. The average molecular weight is 515 g/mol. The quantitative estimate of drug-likeness (QED) is 0.201. The Kier molecular flexibility index (Phi) is 5.02. The van der Waals surface area contributed by atoms with E-state index in [4.69, 9.17) is 23.2 Å². The Bertz CT molecular complexity index is 1880. The van der Waals surface area contributed by atoms with Gasteiger partial charge in [-0.25, -0.2) is 0 Å². The van der Waals surface area contributed by atoms with E-state index in [1.165, 1.54) is 43.8 Å². The number of hydrogen-bond donors (Lipinski definition) is 0. The van der Waals surface area contributed by atoms with Gasteiger partial charge in [0.25, 0.3) is 0 Å². The normalized spacial score (nSPS) is 13.6. The number of rotatable bonds is 2. The lowest BCUT2D eigenvalue weighted by Crippen LogP contribution is -2.14. The molecule has 1 aliphatic rings. The largest absolute Gasteiger partial charge is 0.0827 e. The van der Waals surface area contributed by atoms with Crippen LogP contribution in [0.4, 0.5) is 0 Å². The summed E-state index contributed by atoms with van der Waals surface area (Å²) >= 11 is 13.3. The SMILES string of the molecule is CC1(C)c2ccccc2-c2ccc(-c3cc(Cl)c(Cl)cc3-c3cc4ccccc4c4ccccc34)cc21. The fourth-order valence-corrected chi connectivity index (χ4v) is 6.48. The molecule has 0 fully saturated rings. The minimum atomic E-state index is -0.0754. The van der Waals surface area contributed by atoms with Crippen molar-refractivity contribution >= 4 is 44.7 Å². The van der Waals surface area contributed by atoms with Crippen molar-refractivity contribution in [1.29, 1.82) is 0 Å². The summed E-state index contributed by atoms with van der Waals surface area (Å²) in [4.78, 5) is 0. The highest BCUT2D eigenvalue weighted by molar-refractivity contribution is 6.42. The van der Waals surface area contributed by atoms with Gasteiger partial charge in [0.2, 0.25) is 0 Å². The summed E-state index contributed by atoms with van der Waals surface area (Å²) < 4.78 is 0. The maximum Gasteiger partial charge on any atom is 0.0598 e. The lowest BCUT2D eigenvalue weighted by atomic mass is 9.81. The summed E-state index contributed by atoms with van der Waals surface area (Å²) in [5, 5.41) is 6.02. The molecule has 0 spiro atoms. The Morgan fingerprint density at radius 3 is 1.89 bits per heavy atom. The Hall–Kier alpha value is -3.58. The highest BCUT2D eigenvalue weighted by Crippen LogP contribution is 2.50. The fourth-order valence-electron chi connectivity index (χ4n) is 6.16. The van der Waals surface area contributed by atoms with E-state index in [0.29, 0.717) is 10.0 Å². The Morgan fingerprint density at radius 1 is 0.459 bits per heavy atom. The molecule has 0 aliphatic heterocycles. The minimum Gasteiger partial charge on any atom is -0.0827 e. The molecule has 178 valence electrons. The second-order valence-electron chi connectivity index (χ2n) is 10.4. The molecule has 0 heterocycles. The van der Waals surface area contributed by atoms with Crippen LogP contribution >= 0.6 is 23.2 Å². The lowest BCUT2D eigenvalue weighted by molar-refractivity contribution is 0.660. The zero-order valence-electron chi connectivity index (χ0n) is 20.6. The molecule has 37 heavy (non-hydrogen) atoms. The zero-order chi connectivity index (χ0) is 25.3. The molecule has 6 aromatic carbocycles. The van der Waals surface area contributed by atoms with Crippen molar-refractivity contribution in [2.45, 2.75) is 19.3 Å². The second-order valence-corrected chi connectivity index (χ2v) is 11.2. The van der Waals surface area contributed by atoms with Crippen LogP contribution in [0.1, 0.15) is 25.0 Å². The van der Waals surface area contributed by atoms with E-state index in [1.54, 1.807) is 0 Å². The van der Waals surface area contributed by atoms with E-state index >= 15 is 0 Å². The Balaban J connectivity index is 1.52. The van der Waals surface area contributed by atoms with Crippen LogP contribution in [0.25, 0.3) is 54.9 Å². The van der Waals surface area contributed by atoms with Crippen LogP contribution in [0, 0.1) is 0 Å². The first-order chi connectivity index (χ1) is 17.9. The van der Waals surface area contributed by atoms with Crippen molar-refractivity contribution in [3.8, 4) is 33.4 Å². The molecule has 0 radical (unpaired) electrons. The third kappa shape index (κ3) is 3.37. The first-order valence-electron chi connectivity index (χ1n) is 12.6. The molecule has 0 saturated carbocycles. The standard InChI is InChI=1S/C35H24Cl2/c1-35(2)31-14-8-7-13-26(31)27-16-15-22(18-32(27)35)28-19-33(36)34(37)20-30(28)29-17-21-9-3-4-10-23(21)24-11-5-6-12-25(24)29/h3-20H,1-2H3. The van der Waals surface area contributed by atoms with Gasteiger partial charge in [-0.3, -0.25) is 0 Å². The van der Waals surface area contributed by atoms with Gasteiger partial charge in [0.05, 0.1) is 10.0 Å². The van der Waals surface area contributed by atoms with E-state index in [-0.39, 0.29) is 5.41 Å². The molecule has 0 aromatic heterocycles. The topological polar surface area (TPSA) is 0 Å². The smallest absolute Gasteiger partial charge is 0.0598 e. The first kappa shape index (κ1) is 22.6. The molecular weight excluding hydrogens is 491 g/mol. The Morgan fingerprint density at radius 2 is 1.08 bits per heavy atom. The summed E-state index contributed by atoms with van der Waals surface area (Å²) in [5.41, 5.74) is 9.74. The van der Waals surface area contributed by atoms with Crippen LogP contribution < -0.4 is 0 Å². The highest BCUT2D eigenvalue weighted by atomic mass is 35.5. The monoisotopic (exact) mass is 514 g/mol. The van der Waals surface area contributed by atoms with Crippen molar-refractivity contribution in [3.05, 3.63) is 130 Å². The van der Waals surface area contributed by atoms with Gasteiger partial charge in [0.1, 0.15) is 0 Å². The maximum absolute atomic E-state index is 6.66. The van der Waals surface area contributed by atoms with Crippen LogP contribution in [0.3, 0.4) is 0 Å². The van der Waals surface area contributed by atoms with Crippen molar-refractivity contribution in [3.63, 3.8) is 0 Å². The van der Waals surface area contributed by atoms with Gasteiger partial charge < -0.3 is 0 Å². The van der Waals surface area contributed by atoms with E-state index in [2.05, 4.69) is 111 Å². The first-order valence-corrected chi connectivity index (χ1v) is 13.3. The lowest BCUT2D eigenvalue weighted by Gasteiger charge is -2.22. The summed E-state index contributed by atoms with van der Waals surface area (Å²) in [5.74, 6) is 0. The third-order valence-electron chi connectivity index (χ3n) is 8.01. The molecule has 1 aliphatic carbocycles. The molecule has 7 rings (SSSR count). The van der Waals surface area contributed by atoms with Crippen molar-refractivity contribution in [1.82, 2.24) is 0 Å². The molecule has 0 unspecified atom stereocenters. The predicted octanol–water partition coefficient (Wildman–Crippen LogP) is 10.9. The van der Waals surface area contributed by atoms with Crippen LogP contribution in [0.5, 0.6) is 0 Å². The van der Waals surface area contributed by atoms with Gasteiger partial charge in [0.15, 0.2) is 0 Å². The Labute approximate surface area is 227 Å². The predicted molar refractivity (Wildman–Crippen MR) is 160 cm³/mol. The van der Waals surface area contributed by atoms with Crippen LogP contribution in [-0.4, -0.2) is 0 Å². The van der Waals surface area contributed by atoms with E-state index in [9.17, 15) is 0 Å². The van der Waals surface area contributed by atoms with Gasteiger partial charge >= 0.3 is 0 Å². The number of fused-ring (bicyclic) bond motifs is 6. The van der Waals surface area contributed by atoms with Crippen LogP contribution in [0.2, 0.25) is 10.0 Å². The highest BCUT2D eigenvalue weighted by Gasteiger charge is 2.35. The van der Waals surface area contributed by atoms with Gasteiger partial charge in [-0.1, -0.05) is 122 Å². The zero-order valence-corrected chi connectivity index (χ0v) is 22.2. The van der Waals surface area contributed by atoms with E-state index in [1.807, 2.05) is 12.1 Å². The second kappa shape index (κ2) is 8.21. The van der Waals surface area contributed by atoms with Gasteiger partial charge in [-0.05, 0) is 90.3 Å². The number of benzene rings is 6. The van der Waals surface area contributed by atoms with Crippen molar-refractivity contribution in [2.75, 3.05) is 0 Å². The number of halogens is 2. The number of hydrogen-bond acceptors (Lipinski definition) is 0. The molecule has 0 saturated heterocycles. The summed E-state index contributed by atoms with van der Waals surface area (Å²) in [6.07, 6.45) is 0. The van der Waals surface area contributed by atoms with Gasteiger partial charge in [0, 0.05) is 5.41 Å². The molecular formula is C35H24Cl2. The van der Waals surface area contributed by atoms with Gasteiger partial charge in [-0.2, -0.15) is 0 Å². The molecule has 0 bridgehead atoms. The molecule has 0 nitrogen and oxygen atoms in total. The van der Waals surface area contributed by atoms with Gasteiger partial charge in [-0.15, -0.1) is 0 Å². The molecule has 0 amide bonds. The summed E-state index contributed by atoms with van der Waals surface area (Å²) in [7, 11) is 0. The molecule has 0 atom stereocenters. The van der Waals surface area contributed by atoms with E-state index < -0.39 is 0 Å². The third-order valence-corrected chi connectivity index (χ3v) is 8.74. The maximum atomic E-state index is 6.66. The fraction of sp³-hybridized carbons (Fsp3) is 0.0857. The summed E-state index contributed by atoms with van der Waals surface area (Å²) in [6.45, 7) is 4.63. The van der Waals surface area contributed by atoms with E-state index in [0.717, 1.165) is 22.3 Å². The minimum absolute atomic E-state index is 0.0754.